The molecule has 0 bridgehead atoms. The van der Waals surface area contributed by atoms with Gasteiger partial charge in [-0.25, -0.2) is 17.5 Å². The van der Waals surface area contributed by atoms with Crippen LogP contribution in [0.25, 0.3) is 5.69 Å². The number of nitrogens with one attached hydrogen (secondary N) is 1. The molecule has 8 nitrogen and oxygen atoms in total. The first kappa shape index (κ1) is 19.6. The second-order valence-electron chi connectivity index (χ2n) is 7.62. The lowest BCUT2D eigenvalue weighted by Crippen LogP contribution is -2.44. The summed E-state index contributed by atoms with van der Waals surface area (Å²) in [7, 11) is -3.36. The Labute approximate surface area is 167 Å². The number of halogens is 1. The summed E-state index contributed by atoms with van der Waals surface area (Å²) in [5, 5.41) is 6.86. The van der Waals surface area contributed by atoms with Crippen molar-refractivity contribution >= 4 is 27.5 Å². The molecule has 2 aliphatic heterocycles. The maximum atomic E-state index is 13.3. The Morgan fingerprint density at radius 1 is 1.14 bits per heavy atom. The van der Waals surface area contributed by atoms with Crippen molar-refractivity contribution in [1.29, 1.82) is 0 Å². The molecule has 0 aliphatic carbocycles. The second-order valence-corrected chi connectivity index (χ2v) is 9.69. The summed E-state index contributed by atoms with van der Waals surface area (Å²) >= 11 is 0. The van der Waals surface area contributed by atoms with Crippen LogP contribution >= 0.6 is 0 Å². The zero-order chi connectivity index (χ0) is 20.8. The zero-order valence-electron chi connectivity index (χ0n) is 15.9. The number of fused-ring (bicyclic) bond motifs is 1. The molecule has 1 aromatic carbocycles. The van der Waals surface area contributed by atoms with Gasteiger partial charge in [0.25, 0.3) is 0 Å². The van der Waals surface area contributed by atoms with Gasteiger partial charge in [-0.3, -0.25) is 9.59 Å². The Morgan fingerprint density at radius 3 is 2.45 bits per heavy atom. The van der Waals surface area contributed by atoms with Gasteiger partial charge in [0, 0.05) is 18.7 Å². The summed E-state index contributed by atoms with van der Waals surface area (Å²) in [4.78, 5) is 26.7. The van der Waals surface area contributed by atoms with Crippen LogP contribution in [0.1, 0.15) is 31.0 Å². The third-order valence-corrected chi connectivity index (χ3v) is 6.80. The molecule has 10 heteroatoms. The minimum absolute atomic E-state index is 0.136. The number of anilines is 1. The van der Waals surface area contributed by atoms with Crippen molar-refractivity contribution in [3.05, 3.63) is 41.3 Å². The first-order valence-electron chi connectivity index (χ1n) is 9.41. The van der Waals surface area contributed by atoms with Gasteiger partial charge in [-0.1, -0.05) is 6.92 Å². The van der Waals surface area contributed by atoms with Crippen LogP contribution in [-0.4, -0.2) is 48.0 Å². The molecule has 4 rings (SSSR count). The number of carbonyl (C=O) groups excluding carboxylic acids is 2. The van der Waals surface area contributed by atoms with E-state index in [4.69, 9.17) is 0 Å². The molecule has 2 amide bonds. The normalized spacial score (nSPS) is 18.5. The average molecular weight is 420 g/mol. The smallest absolute Gasteiger partial charge is 0.315 e. The van der Waals surface area contributed by atoms with Crippen molar-refractivity contribution in [2.45, 2.75) is 31.3 Å². The molecule has 0 atom stereocenters. The number of nitrogens with zero attached hydrogens (tertiary/aromatic N) is 3. The van der Waals surface area contributed by atoms with Crippen molar-refractivity contribution in [2.24, 2.45) is 5.92 Å². The van der Waals surface area contributed by atoms with Gasteiger partial charge in [-0.2, -0.15) is 5.10 Å². The van der Waals surface area contributed by atoms with Gasteiger partial charge < -0.3 is 10.2 Å². The topological polar surface area (TPSA) is 101 Å². The van der Waals surface area contributed by atoms with E-state index in [0.29, 0.717) is 36.0 Å². The molecule has 2 aliphatic rings. The molecular weight excluding hydrogens is 399 g/mol. The van der Waals surface area contributed by atoms with E-state index in [9.17, 15) is 22.4 Å². The van der Waals surface area contributed by atoms with E-state index in [0.717, 1.165) is 12.8 Å². The van der Waals surface area contributed by atoms with Crippen LogP contribution in [0.5, 0.6) is 0 Å². The number of piperidine rings is 1. The van der Waals surface area contributed by atoms with Crippen LogP contribution in [-0.2, 0) is 30.9 Å². The van der Waals surface area contributed by atoms with Crippen LogP contribution in [0.3, 0.4) is 0 Å². The van der Waals surface area contributed by atoms with E-state index < -0.39 is 27.5 Å². The Bertz CT molecular complexity index is 1070. The fourth-order valence-corrected chi connectivity index (χ4v) is 5.15. The molecule has 2 aromatic rings. The van der Waals surface area contributed by atoms with Gasteiger partial charge in [-0.05, 0) is 43.0 Å². The van der Waals surface area contributed by atoms with Gasteiger partial charge >= 0.3 is 11.8 Å². The highest BCUT2D eigenvalue weighted by Crippen LogP contribution is 2.33. The highest BCUT2D eigenvalue weighted by atomic mass is 32.2. The van der Waals surface area contributed by atoms with Crippen molar-refractivity contribution in [3.63, 3.8) is 0 Å². The number of aromatic nitrogens is 2. The first-order chi connectivity index (χ1) is 13.7. The Morgan fingerprint density at radius 2 is 1.79 bits per heavy atom. The van der Waals surface area contributed by atoms with E-state index in [1.54, 1.807) is 0 Å². The summed E-state index contributed by atoms with van der Waals surface area (Å²) in [5.41, 5.74) is 1.14. The van der Waals surface area contributed by atoms with Gasteiger partial charge in [0.05, 0.1) is 22.9 Å². The predicted molar refractivity (Wildman–Crippen MR) is 103 cm³/mol. The van der Waals surface area contributed by atoms with Gasteiger partial charge in [-0.15, -0.1) is 0 Å². The lowest BCUT2D eigenvalue weighted by molar-refractivity contribution is -0.144. The summed E-state index contributed by atoms with van der Waals surface area (Å²) in [6.45, 7) is 3.13. The highest BCUT2D eigenvalue weighted by molar-refractivity contribution is 7.90. The molecule has 1 saturated heterocycles. The minimum atomic E-state index is -3.36. The Kier molecular flexibility index (Phi) is 4.89. The predicted octanol–water partition coefficient (Wildman–Crippen LogP) is 1.64. The molecule has 0 spiro atoms. The molecule has 0 radical (unpaired) electrons. The highest BCUT2D eigenvalue weighted by Gasteiger charge is 2.34. The molecule has 1 N–H and O–H groups in total. The number of hydrogen-bond acceptors (Lipinski definition) is 5. The molecule has 1 aromatic heterocycles. The Hall–Kier alpha value is -2.75. The van der Waals surface area contributed by atoms with Crippen molar-refractivity contribution in [1.82, 2.24) is 14.7 Å². The minimum Gasteiger partial charge on any atom is -0.334 e. The molecule has 154 valence electrons. The van der Waals surface area contributed by atoms with Crippen molar-refractivity contribution < 1.29 is 22.4 Å². The number of carbonyl (C=O) groups is 2. The molecule has 0 saturated carbocycles. The van der Waals surface area contributed by atoms with Gasteiger partial charge in [0.1, 0.15) is 11.6 Å². The third kappa shape index (κ3) is 3.89. The number of hydrogen-bond donors (Lipinski definition) is 1. The zero-order valence-corrected chi connectivity index (χ0v) is 16.7. The van der Waals surface area contributed by atoms with Crippen molar-refractivity contribution in [3.8, 4) is 5.69 Å². The first-order valence-corrected chi connectivity index (χ1v) is 11.2. The van der Waals surface area contributed by atoms with Crippen LogP contribution in [0.2, 0.25) is 0 Å². The number of rotatable bonds is 2. The van der Waals surface area contributed by atoms with Crippen molar-refractivity contribution in [2.75, 3.05) is 18.4 Å². The second kappa shape index (κ2) is 7.25. The van der Waals surface area contributed by atoms with Gasteiger partial charge in [0.2, 0.25) is 0 Å². The quantitative estimate of drug-likeness (QED) is 0.745. The fourth-order valence-electron chi connectivity index (χ4n) is 3.66. The summed E-state index contributed by atoms with van der Waals surface area (Å²) in [6, 6.07) is 5.42. The fraction of sp³-hybridized carbons (Fsp3) is 0.421. The van der Waals surface area contributed by atoms with E-state index >= 15 is 0 Å². The lowest BCUT2D eigenvalue weighted by atomic mass is 9.99. The molecule has 3 heterocycles. The van der Waals surface area contributed by atoms with Gasteiger partial charge in [0.15, 0.2) is 9.84 Å². The Balaban J connectivity index is 1.64. The van der Waals surface area contributed by atoms with E-state index in [1.807, 2.05) is 0 Å². The molecular formula is C19H21FN4O4S. The monoisotopic (exact) mass is 420 g/mol. The molecule has 29 heavy (non-hydrogen) atoms. The van der Waals surface area contributed by atoms with Crippen LogP contribution in [0.4, 0.5) is 10.2 Å². The third-order valence-electron chi connectivity index (χ3n) is 5.36. The number of amides is 2. The SMILES string of the molecule is CC1CCN(C(=O)C(=O)Nc2c3c(nn2-c2ccc(F)cc2)CS(=O)(=O)C3)CC1. The van der Waals surface area contributed by atoms with Crippen LogP contribution < -0.4 is 5.32 Å². The summed E-state index contributed by atoms with van der Waals surface area (Å²) in [6.07, 6.45) is 1.67. The number of benzene rings is 1. The maximum Gasteiger partial charge on any atom is 0.315 e. The van der Waals surface area contributed by atoms with Crippen LogP contribution in [0, 0.1) is 11.7 Å². The van der Waals surface area contributed by atoms with E-state index in [1.165, 1.54) is 33.8 Å². The summed E-state index contributed by atoms with van der Waals surface area (Å²) in [5.74, 6) is -1.79. The largest absolute Gasteiger partial charge is 0.334 e. The number of likely N-dealkylation sites (tertiary alicyclic amines) is 1. The van der Waals surface area contributed by atoms with Crippen LogP contribution in [0.15, 0.2) is 24.3 Å². The molecule has 0 unspecified atom stereocenters. The average Bonchev–Trinajstić information content (AvgIpc) is 3.15. The summed E-state index contributed by atoms with van der Waals surface area (Å²) < 4.78 is 38.6. The number of sulfone groups is 1. The molecule has 1 fully saturated rings. The van der Waals surface area contributed by atoms with E-state index in [-0.39, 0.29) is 17.3 Å². The van der Waals surface area contributed by atoms with E-state index in [2.05, 4.69) is 17.3 Å². The standard InChI is InChI=1S/C19H21FN4O4S/c1-12-6-8-23(9-7-12)19(26)18(25)21-17-15-10-29(27,28)11-16(15)22-24(17)14-4-2-13(20)3-5-14/h2-5,12H,6-11H2,1H3,(H,21,25). The lowest BCUT2D eigenvalue weighted by Gasteiger charge is -2.29. The maximum absolute atomic E-state index is 13.3.